The van der Waals surface area contributed by atoms with Gasteiger partial charge in [-0.1, -0.05) is 28.1 Å². The molecule has 0 aliphatic carbocycles. The molecule has 136 valence electrons. The van der Waals surface area contributed by atoms with Gasteiger partial charge < -0.3 is 20.3 Å². The summed E-state index contributed by atoms with van der Waals surface area (Å²) in [6.45, 7) is 4.60. The Bertz CT molecular complexity index is 509. The highest BCUT2D eigenvalue weighted by Crippen LogP contribution is 2.10. The number of rotatable bonds is 8. The van der Waals surface area contributed by atoms with Crippen molar-refractivity contribution in [2.45, 2.75) is 13.5 Å². The van der Waals surface area contributed by atoms with E-state index in [0.717, 1.165) is 10.0 Å². The minimum atomic E-state index is -0.00653. The average Bonchev–Trinajstić information content (AvgIpc) is 2.54. The summed E-state index contributed by atoms with van der Waals surface area (Å²) in [7, 11) is 3.45. The van der Waals surface area contributed by atoms with Gasteiger partial charge in [0.2, 0.25) is 5.91 Å². The molecule has 1 rings (SSSR count). The number of carbonyl (C=O) groups is 1. The van der Waals surface area contributed by atoms with Crippen LogP contribution in [0.25, 0.3) is 0 Å². The molecule has 1 aromatic carbocycles. The Morgan fingerprint density at radius 1 is 1.25 bits per heavy atom. The summed E-state index contributed by atoms with van der Waals surface area (Å²) >= 11 is 3.41. The molecule has 2 N–H and O–H groups in total. The number of ether oxygens (including phenoxy) is 1. The molecule has 0 bridgehead atoms. The molecule has 0 unspecified atom stereocenters. The number of amides is 1. The number of nitrogens with one attached hydrogen (secondary N) is 2. The van der Waals surface area contributed by atoms with Crippen LogP contribution in [0.1, 0.15) is 12.5 Å². The predicted octanol–water partition coefficient (Wildman–Crippen LogP) is 2.23. The molecular weight excluding hydrogens is 487 g/mol. The zero-order valence-corrected chi connectivity index (χ0v) is 18.3. The van der Waals surface area contributed by atoms with Gasteiger partial charge in [0.1, 0.15) is 0 Å². The first-order valence-electron chi connectivity index (χ1n) is 7.57. The average molecular weight is 513 g/mol. The van der Waals surface area contributed by atoms with Gasteiger partial charge in [0.25, 0.3) is 0 Å². The minimum Gasteiger partial charge on any atom is -0.380 e. The third-order valence-electron chi connectivity index (χ3n) is 2.98. The first-order valence-corrected chi connectivity index (χ1v) is 8.36. The number of guanidine groups is 1. The number of carbonyl (C=O) groups excluding carboxylic acids is 1. The van der Waals surface area contributed by atoms with Crippen molar-refractivity contribution < 1.29 is 9.53 Å². The normalized spacial score (nSPS) is 10.8. The van der Waals surface area contributed by atoms with Gasteiger partial charge in [0.15, 0.2) is 5.96 Å². The fraction of sp³-hybridized carbons (Fsp3) is 0.500. The van der Waals surface area contributed by atoms with Gasteiger partial charge in [0, 0.05) is 31.7 Å². The van der Waals surface area contributed by atoms with Gasteiger partial charge >= 0.3 is 0 Å². The maximum atomic E-state index is 11.7. The van der Waals surface area contributed by atoms with E-state index in [1.165, 1.54) is 0 Å². The predicted molar refractivity (Wildman–Crippen MR) is 112 cm³/mol. The maximum absolute atomic E-state index is 11.7. The Morgan fingerprint density at radius 3 is 2.50 bits per heavy atom. The second kappa shape index (κ2) is 13.4. The molecule has 0 atom stereocenters. The lowest BCUT2D eigenvalue weighted by Gasteiger charge is -2.15. The molecule has 0 aliphatic rings. The number of halogens is 2. The fourth-order valence-corrected chi connectivity index (χ4v) is 1.90. The van der Waals surface area contributed by atoms with Crippen molar-refractivity contribution in [3.63, 3.8) is 0 Å². The van der Waals surface area contributed by atoms with Crippen LogP contribution in [0.4, 0.5) is 0 Å². The highest BCUT2D eigenvalue weighted by molar-refractivity contribution is 14.0. The molecule has 0 radical (unpaired) electrons. The third-order valence-corrected chi connectivity index (χ3v) is 3.51. The molecule has 1 aromatic rings. The second-order valence-corrected chi connectivity index (χ2v) is 5.97. The summed E-state index contributed by atoms with van der Waals surface area (Å²) in [5.41, 5.74) is 1.10. The van der Waals surface area contributed by atoms with Crippen molar-refractivity contribution in [3.8, 4) is 0 Å². The molecule has 8 heteroatoms. The van der Waals surface area contributed by atoms with E-state index < -0.39 is 0 Å². The van der Waals surface area contributed by atoms with Crippen molar-refractivity contribution in [2.24, 2.45) is 4.99 Å². The molecule has 0 fully saturated rings. The zero-order chi connectivity index (χ0) is 17.1. The van der Waals surface area contributed by atoms with Crippen LogP contribution in [0.2, 0.25) is 0 Å². The molecule has 0 saturated heterocycles. The molecule has 6 nitrogen and oxygen atoms in total. The molecule has 0 spiro atoms. The van der Waals surface area contributed by atoms with E-state index >= 15 is 0 Å². The van der Waals surface area contributed by atoms with Crippen LogP contribution in [-0.2, 0) is 16.1 Å². The number of hydrogen-bond acceptors (Lipinski definition) is 3. The lowest BCUT2D eigenvalue weighted by Crippen LogP contribution is -2.43. The van der Waals surface area contributed by atoms with Gasteiger partial charge in [-0.2, -0.15) is 0 Å². The summed E-state index contributed by atoms with van der Waals surface area (Å²) in [5.74, 6) is 0.593. The number of aliphatic imine (C=N–C) groups is 1. The molecule has 0 aromatic heterocycles. The Hall–Kier alpha value is -0.870. The SMILES string of the molecule is CCOCCNC(=NCc1ccc(Br)cc1)NCC(=O)N(C)C.I. The van der Waals surface area contributed by atoms with E-state index in [0.29, 0.717) is 32.3 Å². The number of likely N-dealkylation sites (N-methyl/N-ethyl adjacent to an activating group) is 1. The van der Waals surface area contributed by atoms with Crippen molar-refractivity contribution in [3.05, 3.63) is 34.3 Å². The van der Waals surface area contributed by atoms with E-state index in [1.54, 1.807) is 19.0 Å². The van der Waals surface area contributed by atoms with E-state index in [1.807, 2.05) is 31.2 Å². The lowest BCUT2D eigenvalue weighted by atomic mass is 10.2. The van der Waals surface area contributed by atoms with Crippen LogP contribution in [-0.4, -0.2) is 57.2 Å². The zero-order valence-electron chi connectivity index (χ0n) is 14.3. The van der Waals surface area contributed by atoms with Crippen LogP contribution in [0.15, 0.2) is 33.7 Å². The number of benzene rings is 1. The highest BCUT2D eigenvalue weighted by Gasteiger charge is 2.05. The first-order chi connectivity index (χ1) is 11.0. The van der Waals surface area contributed by atoms with Crippen molar-refractivity contribution in [1.29, 1.82) is 0 Å². The highest BCUT2D eigenvalue weighted by atomic mass is 127. The van der Waals surface area contributed by atoms with Crippen LogP contribution in [0.5, 0.6) is 0 Å². The van der Waals surface area contributed by atoms with Crippen LogP contribution in [0.3, 0.4) is 0 Å². The Morgan fingerprint density at radius 2 is 1.92 bits per heavy atom. The van der Waals surface area contributed by atoms with Crippen molar-refractivity contribution in [2.75, 3.05) is 40.4 Å². The molecule has 1 amide bonds. The van der Waals surface area contributed by atoms with E-state index in [9.17, 15) is 4.79 Å². The molecule has 24 heavy (non-hydrogen) atoms. The summed E-state index contributed by atoms with van der Waals surface area (Å²) in [6.07, 6.45) is 0. The first kappa shape index (κ1) is 23.1. The quantitative estimate of drug-likeness (QED) is 0.242. The molecule has 0 aliphatic heterocycles. The van der Waals surface area contributed by atoms with Crippen LogP contribution < -0.4 is 10.6 Å². The largest absolute Gasteiger partial charge is 0.380 e. The Kier molecular flexibility index (Phi) is 12.9. The summed E-state index contributed by atoms with van der Waals surface area (Å²) < 4.78 is 6.34. The van der Waals surface area contributed by atoms with Gasteiger partial charge in [-0.3, -0.25) is 4.79 Å². The summed E-state index contributed by atoms with van der Waals surface area (Å²) in [5, 5.41) is 6.21. The molecular formula is C16H26BrIN4O2. The monoisotopic (exact) mass is 512 g/mol. The lowest BCUT2D eigenvalue weighted by molar-refractivity contribution is -0.127. The van der Waals surface area contributed by atoms with Crippen molar-refractivity contribution >= 4 is 51.8 Å². The third kappa shape index (κ3) is 10.1. The fourth-order valence-electron chi connectivity index (χ4n) is 1.64. The number of hydrogen-bond donors (Lipinski definition) is 2. The van der Waals surface area contributed by atoms with Gasteiger partial charge in [-0.15, -0.1) is 24.0 Å². The van der Waals surface area contributed by atoms with E-state index in [4.69, 9.17) is 4.74 Å². The smallest absolute Gasteiger partial charge is 0.241 e. The number of nitrogens with zero attached hydrogens (tertiary/aromatic N) is 2. The van der Waals surface area contributed by atoms with Gasteiger partial charge in [-0.25, -0.2) is 4.99 Å². The Balaban J connectivity index is 0.00000529. The minimum absolute atomic E-state index is 0. The van der Waals surface area contributed by atoms with Gasteiger partial charge in [-0.05, 0) is 24.6 Å². The van der Waals surface area contributed by atoms with Crippen LogP contribution >= 0.6 is 39.9 Å². The van der Waals surface area contributed by atoms with E-state index in [-0.39, 0.29) is 36.4 Å². The topological polar surface area (TPSA) is 66.0 Å². The van der Waals surface area contributed by atoms with E-state index in [2.05, 4.69) is 31.6 Å². The summed E-state index contributed by atoms with van der Waals surface area (Å²) in [4.78, 5) is 17.7. The van der Waals surface area contributed by atoms with Gasteiger partial charge in [0.05, 0.1) is 19.7 Å². The Labute approximate surface area is 169 Å². The second-order valence-electron chi connectivity index (χ2n) is 5.06. The molecule has 0 saturated carbocycles. The summed E-state index contributed by atoms with van der Waals surface area (Å²) in [6, 6.07) is 7.98. The molecule has 0 heterocycles. The van der Waals surface area contributed by atoms with Crippen LogP contribution in [0, 0.1) is 0 Å². The maximum Gasteiger partial charge on any atom is 0.241 e. The van der Waals surface area contributed by atoms with Crippen molar-refractivity contribution in [1.82, 2.24) is 15.5 Å². The standard InChI is InChI=1S/C16H25BrN4O2.HI/c1-4-23-10-9-18-16(20-12-15(22)21(2)3)19-11-13-5-7-14(17)8-6-13;/h5-8H,4,9-12H2,1-3H3,(H2,18,19,20);1H.